The van der Waals surface area contributed by atoms with Crippen LogP contribution in [0.15, 0.2) is 29.2 Å². The Hall–Kier alpha value is -0.180. The molecule has 0 aromatic heterocycles. The molecule has 0 saturated carbocycles. The van der Waals surface area contributed by atoms with Crippen LogP contribution in [0.3, 0.4) is 0 Å². The number of hydrogen-bond acceptors (Lipinski definition) is 3. The lowest BCUT2D eigenvalue weighted by Crippen LogP contribution is -2.25. The van der Waals surface area contributed by atoms with Crippen LogP contribution >= 0.6 is 22.6 Å². The second-order valence-electron chi connectivity index (χ2n) is 4.12. The summed E-state index contributed by atoms with van der Waals surface area (Å²) in [4.78, 5) is 0.299. The Kier molecular flexibility index (Phi) is 6.54. The normalized spacial score (nSPS) is 12.0. The van der Waals surface area contributed by atoms with Gasteiger partial charge in [0, 0.05) is 16.7 Å². The third-order valence-electron chi connectivity index (χ3n) is 2.19. The van der Waals surface area contributed by atoms with E-state index in [0.717, 1.165) is 3.57 Å². The number of benzene rings is 1. The van der Waals surface area contributed by atoms with E-state index in [0.29, 0.717) is 24.5 Å². The molecule has 0 fully saturated rings. The highest BCUT2D eigenvalue weighted by atomic mass is 127. The van der Waals surface area contributed by atoms with Crippen LogP contribution in [0.25, 0.3) is 0 Å². The largest absolute Gasteiger partial charge is 0.379 e. The molecule has 1 rings (SSSR count). The Morgan fingerprint density at radius 2 is 1.89 bits per heavy atom. The van der Waals surface area contributed by atoms with Crippen LogP contribution in [0.1, 0.15) is 20.3 Å². The fraction of sp³-hybridized carbons (Fsp3) is 0.500. The summed E-state index contributed by atoms with van der Waals surface area (Å²) in [6.07, 6.45) is 0.847. The summed E-state index contributed by atoms with van der Waals surface area (Å²) in [7, 11) is -3.39. The molecule has 0 heterocycles. The van der Waals surface area contributed by atoms with E-state index in [-0.39, 0.29) is 6.10 Å². The average Bonchev–Trinajstić information content (AvgIpc) is 2.28. The second kappa shape index (κ2) is 7.42. The van der Waals surface area contributed by atoms with Gasteiger partial charge in [-0.15, -0.1) is 0 Å². The first-order valence-corrected chi connectivity index (χ1v) is 8.35. The Bertz CT molecular complexity index is 457. The summed E-state index contributed by atoms with van der Waals surface area (Å²) in [5, 5.41) is 0. The molecule has 6 heteroatoms. The highest BCUT2D eigenvalue weighted by Gasteiger charge is 2.12. The van der Waals surface area contributed by atoms with E-state index >= 15 is 0 Å². The van der Waals surface area contributed by atoms with Gasteiger partial charge in [-0.3, -0.25) is 0 Å². The number of nitrogens with one attached hydrogen (secondary N) is 1. The second-order valence-corrected chi connectivity index (χ2v) is 7.14. The van der Waals surface area contributed by atoms with Crippen molar-refractivity contribution < 1.29 is 13.2 Å². The molecule has 18 heavy (non-hydrogen) atoms. The van der Waals surface area contributed by atoms with Crippen LogP contribution in [0, 0.1) is 3.57 Å². The molecule has 0 radical (unpaired) electrons. The van der Waals surface area contributed by atoms with Crippen molar-refractivity contribution >= 4 is 32.6 Å². The Morgan fingerprint density at radius 1 is 1.28 bits per heavy atom. The van der Waals surface area contributed by atoms with E-state index in [2.05, 4.69) is 27.3 Å². The van der Waals surface area contributed by atoms with Gasteiger partial charge in [0.15, 0.2) is 0 Å². The maximum Gasteiger partial charge on any atom is 0.240 e. The van der Waals surface area contributed by atoms with Crippen molar-refractivity contribution in [3.05, 3.63) is 27.8 Å². The van der Waals surface area contributed by atoms with Gasteiger partial charge in [-0.25, -0.2) is 13.1 Å². The highest BCUT2D eigenvalue weighted by molar-refractivity contribution is 14.1. The van der Waals surface area contributed by atoms with E-state index in [1.54, 1.807) is 24.3 Å². The minimum atomic E-state index is -3.39. The van der Waals surface area contributed by atoms with Gasteiger partial charge < -0.3 is 4.74 Å². The van der Waals surface area contributed by atoms with Crippen molar-refractivity contribution in [2.45, 2.75) is 31.3 Å². The van der Waals surface area contributed by atoms with Crippen molar-refractivity contribution in [1.29, 1.82) is 0 Å². The summed E-state index contributed by atoms with van der Waals surface area (Å²) in [5.41, 5.74) is 0. The molecular weight excluding hydrogens is 365 g/mol. The third-order valence-corrected chi connectivity index (χ3v) is 4.38. The van der Waals surface area contributed by atoms with Crippen LogP contribution < -0.4 is 4.72 Å². The summed E-state index contributed by atoms with van der Waals surface area (Å²) in [6, 6.07) is 6.76. The van der Waals surface area contributed by atoms with Gasteiger partial charge in [-0.2, -0.15) is 0 Å². The fourth-order valence-corrected chi connectivity index (χ4v) is 2.73. The van der Waals surface area contributed by atoms with Crippen LogP contribution in [0.2, 0.25) is 0 Å². The smallest absolute Gasteiger partial charge is 0.240 e. The van der Waals surface area contributed by atoms with Crippen LogP contribution in [-0.4, -0.2) is 27.7 Å². The Morgan fingerprint density at radius 3 is 2.44 bits per heavy atom. The quantitative estimate of drug-likeness (QED) is 0.581. The maximum absolute atomic E-state index is 11.9. The zero-order valence-corrected chi connectivity index (χ0v) is 13.5. The first kappa shape index (κ1) is 15.9. The molecule has 0 bridgehead atoms. The van der Waals surface area contributed by atoms with Gasteiger partial charge in [0.2, 0.25) is 10.0 Å². The zero-order chi connectivity index (χ0) is 13.6. The van der Waals surface area contributed by atoms with E-state index in [1.165, 1.54) is 0 Å². The standard InChI is InChI=1S/C12H18INO3S/c1-10(2)17-9-3-8-14-18(15,16)12-6-4-11(13)5-7-12/h4-7,10,14H,3,8-9H2,1-2H3. The van der Waals surface area contributed by atoms with E-state index in [1.807, 2.05) is 13.8 Å². The van der Waals surface area contributed by atoms with Crippen molar-refractivity contribution in [1.82, 2.24) is 4.72 Å². The first-order chi connectivity index (χ1) is 8.42. The third kappa shape index (κ3) is 5.64. The molecule has 0 aliphatic heterocycles. The molecule has 0 aliphatic carbocycles. The Balaban J connectivity index is 2.43. The molecule has 102 valence electrons. The molecule has 0 aliphatic rings. The summed E-state index contributed by atoms with van der Waals surface area (Å²) in [6.45, 7) is 4.86. The SMILES string of the molecule is CC(C)OCCCNS(=O)(=O)c1ccc(I)cc1. The number of ether oxygens (including phenoxy) is 1. The fourth-order valence-electron chi connectivity index (χ4n) is 1.29. The molecule has 0 saturated heterocycles. The molecule has 1 N–H and O–H groups in total. The van der Waals surface area contributed by atoms with Crippen molar-refractivity contribution in [3.8, 4) is 0 Å². The van der Waals surface area contributed by atoms with Crippen LogP contribution in [-0.2, 0) is 14.8 Å². The zero-order valence-electron chi connectivity index (χ0n) is 10.5. The average molecular weight is 383 g/mol. The maximum atomic E-state index is 11.9. The molecule has 0 atom stereocenters. The first-order valence-electron chi connectivity index (χ1n) is 5.78. The predicted molar refractivity (Wildman–Crippen MR) is 80.1 cm³/mol. The lowest BCUT2D eigenvalue weighted by atomic mass is 10.4. The van der Waals surface area contributed by atoms with Gasteiger partial charge >= 0.3 is 0 Å². The highest BCUT2D eigenvalue weighted by Crippen LogP contribution is 2.11. The minimum absolute atomic E-state index is 0.179. The van der Waals surface area contributed by atoms with Gasteiger partial charge in [-0.1, -0.05) is 0 Å². The predicted octanol–water partition coefficient (Wildman–Crippen LogP) is 2.38. The molecule has 1 aromatic rings. The van der Waals surface area contributed by atoms with Crippen molar-refractivity contribution in [2.24, 2.45) is 0 Å². The molecule has 0 amide bonds. The summed E-state index contributed by atoms with van der Waals surface area (Å²) in [5.74, 6) is 0. The number of rotatable bonds is 7. The summed E-state index contributed by atoms with van der Waals surface area (Å²) >= 11 is 2.14. The number of halogens is 1. The minimum Gasteiger partial charge on any atom is -0.379 e. The van der Waals surface area contributed by atoms with Gasteiger partial charge in [0.25, 0.3) is 0 Å². The number of sulfonamides is 1. The summed E-state index contributed by atoms with van der Waals surface area (Å²) < 4.78 is 32.7. The number of hydrogen-bond donors (Lipinski definition) is 1. The molecule has 0 unspecified atom stereocenters. The van der Waals surface area contributed by atoms with E-state index in [9.17, 15) is 8.42 Å². The van der Waals surface area contributed by atoms with Crippen molar-refractivity contribution in [2.75, 3.05) is 13.2 Å². The van der Waals surface area contributed by atoms with Gasteiger partial charge in [0.05, 0.1) is 11.0 Å². The van der Waals surface area contributed by atoms with Gasteiger partial charge in [-0.05, 0) is 67.1 Å². The molecule has 4 nitrogen and oxygen atoms in total. The lowest BCUT2D eigenvalue weighted by molar-refractivity contribution is 0.0778. The van der Waals surface area contributed by atoms with E-state index < -0.39 is 10.0 Å². The molecular formula is C12H18INO3S. The van der Waals surface area contributed by atoms with Gasteiger partial charge in [0.1, 0.15) is 0 Å². The monoisotopic (exact) mass is 383 g/mol. The van der Waals surface area contributed by atoms with Crippen LogP contribution in [0.4, 0.5) is 0 Å². The van der Waals surface area contributed by atoms with E-state index in [4.69, 9.17) is 4.74 Å². The topological polar surface area (TPSA) is 55.4 Å². The van der Waals surface area contributed by atoms with Crippen LogP contribution in [0.5, 0.6) is 0 Å². The molecule has 1 aromatic carbocycles. The van der Waals surface area contributed by atoms with Crippen molar-refractivity contribution in [3.63, 3.8) is 0 Å². The lowest BCUT2D eigenvalue weighted by Gasteiger charge is -2.09. The Labute approximate surface area is 122 Å². The molecule has 0 spiro atoms.